The van der Waals surface area contributed by atoms with E-state index in [0.29, 0.717) is 0 Å². The summed E-state index contributed by atoms with van der Waals surface area (Å²) in [6.07, 6.45) is 3.79. The number of hydrogen-bond acceptors (Lipinski definition) is 1. The SMILES string of the molecule is CCc1ccc2c(c1)SCCC2. The van der Waals surface area contributed by atoms with Crippen LogP contribution in [0.5, 0.6) is 0 Å². The van der Waals surface area contributed by atoms with Crippen LogP contribution in [-0.4, -0.2) is 5.75 Å². The third kappa shape index (κ3) is 1.51. The second kappa shape index (κ2) is 3.53. The molecule has 0 radical (unpaired) electrons. The molecule has 0 aliphatic carbocycles. The highest BCUT2D eigenvalue weighted by molar-refractivity contribution is 7.99. The number of fused-ring (bicyclic) bond motifs is 1. The third-order valence-corrected chi connectivity index (χ3v) is 3.57. The van der Waals surface area contributed by atoms with Crippen molar-refractivity contribution in [3.05, 3.63) is 29.3 Å². The molecule has 0 aromatic heterocycles. The van der Waals surface area contributed by atoms with Crippen LogP contribution in [0.1, 0.15) is 24.5 Å². The van der Waals surface area contributed by atoms with E-state index in [2.05, 4.69) is 25.1 Å². The summed E-state index contributed by atoms with van der Waals surface area (Å²) in [4.78, 5) is 1.53. The number of aryl methyl sites for hydroxylation is 2. The number of rotatable bonds is 1. The number of thioether (sulfide) groups is 1. The molecule has 0 fully saturated rings. The van der Waals surface area contributed by atoms with Gasteiger partial charge < -0.3 is 0 Å². The molecule has 1 aromatic rings. The molecule has 0 saturated heterocycles. The first-order valence-corrected chi connectivity index (χ1v) is 5.63. The van der Waals surface area contributed by atoms with Crippen molar-refractivity contribution in [2.45, 2.75) is 31.1 Å². The zero-order valence-corrected chi connectivity index (χ0v) is 8.29. The van der Waals surface area contributed by atoms with Crippen molar-refractivity contribution in [3.63, 3.8) is 0 Å². The van der Waals surface area contributed by atoms with E-state index in [1.165, 1.54) is 29.1 Å². The van der Waals surface area contributed by atoms with E-state index in [1.54, 1.807) is 5.56 Å². The lowest BCUT2D eigenvalue weighted by Gasteiger charge is -2.15. The second-order valence-corrected chi connectivity index (χ2v) is 4.38. The van der Waals surface area contributed by atoms with Gasteiger partial charge in [0.05, 0.1) is 0 Å². The molecule has 12 heavy (non-hydrogen) atoms. The van der Waals surface area contributed by atoms with E-state index in [-0.39, 0.29) is 0 Å². The summed E-state index contributed by atoms with van der Waals surface area (Å²) in [7, 11) is 0. The maximum absolute atomic E-state index is 2.36. The van der Waals surface area contributed by atoms with Gasteiger partial charge in [-0.05, 0) is 42.2 Å². The first-order valence-electron chi connectivity index (χ1n) is 4.65. The predicted octanol–water partition coefficient (Wildman–Crippen LogP) is 3.29. The molecule has 0 amide bonds. The van der Waals surface area contributed by atoms with Gasteiger partial charge in [0.2, 0.25) is 0 Å². The van der Waals surface area contributed by atoms with Crippen LogP contribution in [0.2, 0.25) is 0 Å². The fourth-order valence-corrected chi connectivity index (χ4v) is 2.70. The maximum Gasteiger partial charge on any atom is 0.0107 e. The van der Waals surface area contributed by atoms with Gasteiger partial charge in [-0.25, -0.2) is 0 Å². The highest BCUT2D eigenvalue weighted by Crippen LogP contribution is 2.30. The minimum atomic E-state index is 1.16. The fraction of sp³-hybridized carbons (Fsp3) is 0.455. The van der Waals surface area contributed by atoms with Gasteiger partial charge in [-0.3, -0.25) is 0 Å². The Bertz CT molecular complexity index is 278. The molecule has 0 bridgehead atoms. The van der Waals surface area contributed by atoms with Gasteiger partial charge in [0.1, 0.15) is 0 Å². The lowest BCUT2D eigenvalue weighted by Crippen LogP contribution is -1.98. The van der Waals surface area contributed by atoms with Gasteiger partial charge in [0, 0.05) is 4.90 Å². The molecule has 0 nitrogen and oxygen atoms in total. The minimum absolute atomic E-state index is 1.16. The Balaban J connectivity index is 2.36. The molecular formula is C11H14S. The van der Waals surface area contributed by atoms with Crippen LogP contribution in [-0.2, 0) is 12.8 Å². The monoisotopic (exact) mass is 178 g/mol. The molecular weight excluding hydrogens is 164 g/mol. The van der Waals surface area contributed by atoms with Gasteiger partial charge in [0.25, 0.3) is 0 Å². The quantitative estimate of drug-likeness (QED) is 0.636. The summed E-state index contributed by atoms with van der Waals surface area (Å²) < 4.78 is 0. The Kier molecular flexibility index (Phi) is 2.40. The predicted molar refractivity (Wildman–Crippen MR) is 54.9 cm³/mol. The van der Waals surface area contributed by atoms with Gasteiger partial charge in [-0.1, -0.05) is 19.1 Å². The molecule has 2 rings (SSSR count). The van der Waals surface area contributed by atoms with Crippen molar-refractivity contribution in [1.82, 2.24) is 0 Å². The van der Waals surface area contributed by atoms with Crippen LogP contribution in [0.15, 0.2) is 23.1 Å². The standard InChI is InChI=1S/C11H14S/c1-2-9-5-6-10-4-3-7-12-11(10)8-9/h5-6,8H,2-4,7H2,1H3. The first-order chi connectivity index (χ1) is 5.90. The van der Waals surface area contributed by atoms with E-state index in [4.69, 9.17) is 0 Å². The topological polar surface area (TPSA) is 0 Å². The Morgan fingerprint density at radius 2 is 2.33 bits per heavy atom. The fourth-order valence-electron chi connectivity index (χ4n) is 1.60. The van der Waals surface area contributed by atoms with Crippen LogP contribution < -0.4 is 0 Å². The molecule has 64 valence electrons. The molecule has 1 aromatic carbocycles. The largest absolute Gasteiger partial charge is 0.126 e. The lowest BCUT2D eigenvalue weighted by molar-refractivity contribution is 0.885. The van der Waals surface area contributed by atoms with Gasteiger partial charge in [-0.2, -0.15) is 0 Å². The van der Waals surface area contributed by atoms with Crippen molar-refractivity contribution in [1.29, 1.82) is 0 Å². The summed E-state index contributed by atoms with van der Waals surface area (Å²) in [6, 6.07) is 6.93. The van der Waals surface area contributed by atoms with Crippen molar-refractivity contribution in [2.75, 3.05) is 5.75 Å². The van der Waals surface area contributed by atoms with Gasteiger partial charge >= 0.3 is 0 Å². The van der Waals surface area contributed by atoms with Gasteiger partial charge in [0.15, 0.2) is 0 Å². The van der Waals surface area contributed by atoms with Gasteiger partial charge in [-0.15, -0.1) is 11.8 Å². The molecule has 1 aliphatic rings. The zero-order chi connectivity index (χ0) is 8.39. The average Bonchev–Trinajstić information content (AvgIpc) is 2.17. The van der Waals surface area contributed by atoms with Crippen LogP contribution in [0.4, 0.5) is 0 Å². The molecule has 1 heterocycles. The molecule has 0 spiro atoms. The number of benzene rings is 1. The molecule has 0 unspecified atom stereocenters. The summed E-state index contributed by atoms with van der Waals surface area (Å²) in [5.41, 5.74) is 3.03. The first kappa shape index (κ1) is 8.18. The van der Waals surface area contributed by atoms with E-state index in [9.17, 15) is 0 Å². The molecule has 1 aliphatic heterocycles. The highest BCUT2D eigenvalue weighted by atomic mass is 32.2. The van der Waals surface area contributed by atoms with E-state index in [1.807, 2.05) is 11.8 Å². The Hall–Kier alpha value is -0.430. The third-order valence-electron chi connectivity index (χ3n) is 2.39. The van der Waals surface area contributed by atoms with Crippen molar-refractivity contribution in [3.8, 4) is 0 Å². The Labute approximate surface area is 78.4 Å². The second-order valence-electron chi connectivity index (χ2n) is 3.25. The van der Waals surface area contributed by atoms with Crippen molar-refractivity contribution < 1.29 is 0 Å². The normalized spacial score (nSPS) is 15.8. The highest BCUT2D eigenvalue weighted by Gasteiger charge is 2.08. The smallest absolute Gasteiger partial charge is 0.0107 e. The summed E-state index contributed by atoms with van der Waals surface area (Å²) in [5.74, 6) is 1.31. The Morgan fingerprint density at radius 3 is 3.17 bits per heavy atom. The number of hydrogen-bond donors (Lipinski definition) is 0. The van der Waals surface area contributed by atoms with Crippen LogP contribution in [0.3, 0.4) is 0 Å². The van der Waals surface area contributed by atoms with Crippen molar-refractivity contribution in [2.24, 2.45) is 0 Å². The van der Waals surface area contributed by atoms with E-state index in [0.717, 1.165) is 6.42 Å². The Morgan fingerprint density at radius 1 is 1.42 bits per heavy atom. The summed E-state index contributed by atoms with van der Waals surface area (Å²) in [6.45, 7) is 2.22. The van der Waals surface area contributed by atoms with Crippen molar-refractivity contribution >= 4 is 11.8 Å². The summed E-state index contributed by atoms with van der Waals surface area (Å²) in [5, 5.41) is 0. The summed E-state index contributed by atoms with van der Waals surface area (Å²) >= 11 is 2.02. The van der Waals surface area contributed by atoms with E-state index < -0.39 is 0 Å². The molecule has 1 heteroatoms. The van der Waals surface area contributed by atoms with Crippen LogP contribution in [0, 0.1) is 0 Å². The van der Waals surface area contributed by atoms with E-state index >= 15 is 0 Å². The molecule has 0 saturated carbocycles. The molecule has 0 N–H and O–H groups in total. The maximum atomic E-state index is 2.36. The van der Waals surface area contributed by atoms with Crippen LogP contribution >= 0.6 is 11.8 Å². The lowest BCUT2D eigenvalue weighted by atomic mass is 10.1. The molecule has 0 atom stereocenters. The zero-order valence-electron chi connectivity index (χ0n) is 7.47. The average molecular weight is 178 g/mol. The van der Waals surface area contributed by atoms with Crippen LogP contribution in [0.25, 0.3) is 0 Å². The minimum Gasteiger partial charge on any atom is -0.126 e.